The van der Waals surface area contributed by atoms with E-state index in [0.717, 1.165) is 5.56 Å². The molecule has 13 heavy (non-hydrogen) atoms. The molecule has 1 aromatic carbocycles. The average Bonchev–Trinajstić information content (AvgIpc) is 2.18. The fourth-order valence-electron chi connectivity index (χ4n) is 1.01. The summed E-state index contributed by atoms with van der Waals surface area (Å²) in [4.78, 5) is 5.77. The van der Waals surface area contributed by atoms with Crippen LogP contribution in [0.2, 0.25) is 0 Å². The van der Waals surface area contributed by atoms with Crippen LogP contribution in [0.4, 0.5) is 0 Å². The zero-order valence-electron chi connectivity index (χ0n) is 7.21. The highest BCUT2D eigenvalue weighted by molar-refractivity contribution is 7.43. The van der Waals surface area contributed by atoms with Crippen molar-refractivity contribution in [2.24, 2.45) is 4.88 Å². The number of nitrogens with zero attached hydrogens (tertiary/aromatic N) is 3. The average molecular weight is 195 g/mol. The van der Waals surface area contributed by atoms with Crippen LogP contribution in [0.25, 0.3) is 10.4 Å². The third-order valence-corrected chi connectivity index (χ3v) is 3.17. The van der Waals surface area contributed by atoms with Gasteiger partial charge in [0.1, 0.15) is 0 Å². The van der Waals surface area contributed by atoms with Crippen LogP contribution in [-0.2, 0) is 4.57 Å². The van der Waals surface area contributed by atoms with E-state index >= 15 is 0 Å². The van der Waals surface area contributed by atoms with Crippen LogP contribution in [0.1, 0.15) is 18.1 Å². The van der Waals surface area contributed by atoms with Gasteiger partial charge in [0, 0.05) is 10.6 Å². The number of rotatable bonds is 3. The molecule has 0 aliphatic carbocycles. The maximum atomic E-state index is 11.3. The van der Waals surface area contributed by atoms with Gasteiger partial charge in [-0.15, -0.1) is 0 Å². The van der Waals surface area contributed by atoms with Crippen molar-refractivity contribution in [3.05, 3.63) is 46.3 Å². The Bertz CT molecular complexity index is 346. The van der Waals surface area contributed by atoms with Gasteiger partial charge in [-0.05, 0) is 16.0 Å². The molecule has 0 aliphatic heterocycles. The maximum Gasteiger partial charge on any atom is 0.169 e. The molecule has 0 N–H and O–H groups in total. The second kappa shape index (κ2) is 4.70. The summed E-state index contributed by atoms with van der Waals surface area (Å²) in [6.45, 7) is 1.80. The SMILES string of the molecule is CC(c1ccccc1)[PH](=O)N=[N+]=[N-]. The molecule has 0 aromatic heterocycles. The Kier molecular flexibility index (Phi) is 3.56. The van der Waals surface area contributed by atoms with Gasteiger partial charge in [0.2, 0.25) is 0 Å². The van der Waals surface area contributed by atoms with Crippen LogP contribution in [-0.4, -0.2) is 0 Å². The number of hydrogen-bond acceptors (Lipinski definition) is 1. The lowest BCUT2D eigenvalue weighted by Gasteiger charge is -2.06. The van der Waals surface area contributed by atoms with Crippen LogP contribution in [0.5, 0.6) is 0 Å². The molecule has 1 aromatic rings. The lowest BCUT2D eigenvalue weighted by molar-refractivity contribution is 0.582. The Labute approximate surface area is 77.1 Å². The van der Waals surface area contributed by atoms with Gasteiger partial charge in [0.25, 0.3) is 0 Å². The maximum absolute atomic E-state index is 11.3. The van der Waals surface area contributed by atoms with Gasteiger partial charge in [-0.25, -0.2) is 0 Å². The minimum atomic E-state index is -2.21. The Morgan fingerprint density at radius 1 is 1.46 bits per heavy atom. The molecule has 0 amide bonds. The van der Waals surface area contributed by atoms with Crippen LogP contribution in [0.3, 0.4) is 0 Å². The minimum Gasteiger partial charge on any atom is -0.319 e. The lowest BCUT2D eigenvalue weighted by Crippen LogP contribution is -1.84. The molecule has 68 valence electrons. The fourth-order valence-corrected chi connectivity index (χ4v) is 1.75. The molecule has 1 rings (SSSR count). The molecule has 2 unspecified atom stereocenters. The Morgan fingerprint density at radius 2 is 2.08 bits per heavy atom. The topological polar surface area (TPSA) is 65.8 Å². The third kappa shape index (κ3) is 2.62. The van der Waals surface area contributed by atoms with Crippen molar-refractivity contribution >= 4 is 7.95 Å². The lowest BCUT2D eigenvalue weighted by atomic mass is 10.2. The van der Waals surface area contributed by atoms with Crippen molar-refractivity contribution in [2.45, 2.75) is 12.6 Å². The first-order valence-electron chi connectivity index (χ1n) is 3.89. The first-order valence-corrected chi connectivity index (χ1v) is 5.33. The smallest absolute Gasteiger partial charge is 0.169 e. The van der Waals surface area contributed by atoms with Gasteiger partial charge in [0.05, 0.1) is 0 Å². The molecule has 0 saturated heterocycles. The van der Waals surface area contributed by atoms with E-state index in [-0.39, 0.29) is 5.66 Å². The number of hydrogen-bond donors (Lipinski definition) is 0. The van der Waals surface area contributed by atoms with E-state index < -0.39 is 7.95 Å². The van der Waals surface area contributed by atoms with E-state index in [1.807, 2.05) is 30.3 Å². The van der Waals surface area contributed by atoms with Gasteiger partial charge >= 0.3 is 0 Å². The molecule has 0 spiro atoms. The van der Waals surface area contributed by atoms with Crippen LogP contribution in [0, 0.1) is 0 Å². The summed E-state index contributed by atoms with van der Waals surface area (Å²) in [5.74, 6) is 0. The standard InChI is InChI=1S/C8H10N3OP/c1-7(13(12)11-10-9)8-5-3-2-4-6-8/h2-7,13H,1H3. The van der Waals surface area contributed by atoms with E-state index in [9.17, 15) is 4.57 Å². The number of benzene rings is 1. The van der Waals surface area contributed by atoms with Crippen molar-refractivity contribution in [3.63, 3.8) is 0 Å². The Morgan fingerprint density at radius 3 is 2.62 bits per heavy atom. The fraction of sp³-hybridized carbons (Fsp3) is 0.250. The second-order valence-corrected chi connectivity index (χ2v) is 4.40. The summed E-state index contributed by atoms with van der Waals surface area (Å²) in [5.41, 5.74) is 8.88. The van der Waals surface area contributed by atoms with Crippen molar-refractivity contribution in [1.82, 2.24) is 0 Å². The zero-order valence-corrected chi connectivity index (χ0v) is 8.21. The van der Waals surface area contributed by atoms with E-state index in [4.69, 9.17) is 5.53 Å². The Balaban J connectivity index is 2.85. The minimum absolute atomic E-state index is 0.179. The highest BCUT2D eigenvalue weighted by Crippen LogP contribution is 2.41. The predicted molar refractivity (Wildman–Crippen MR) is 53.0 cm³/mol. The van der Waals surface area contributed by atoms with E-state index in [1.165, 1.54) is 0 Å². The molecule has 0 bridgehead atoms. The molecular formula is C8H10N3OP. The predicted octanol–water partition coefficient (Wildman–Crippen LogP) is 3.53. The summed E-state index contributed by atoms with van der Waals surface area (Å²) in [6, 6.07) is 9.38. The molecule has 2 atom stereocenters. The molecule has 0 heterocycles. The van der Waals surface area contributed by atoms with Crippen molar-refractivity contribution in [3.8, 4) is 0 Å². The highest BCUT2D eigenvalue weighted by atomic mass is 31.1. The van der Waals surface area contributed by atoms with Gasteiger partial charge in [-0.2, -0.15) is 0 Å². The summed E-state index contributed by atoms with van der Waals surface area (Å²) >= 11 is 0. The van der Waals surface area contributed by atoms with E-state index in [2.05, 4.69) is 9.80 Å². The molecule has 0 saturated carbocycles. The molecule has 0 radical (unpaired) electrons. The number of azide groups is 1. The molecule has 4 nitrogen and oxygen atoms in total. The largest absolute Gasteiger partial charge is 0.319 e. The first-order chi connectivity index (χ1) is 6.25. The van der Waals surface area contributed by atoms with Crippen LogP contribution in [0.15, 0.2) is 35.2 Å². The summed E-state index contributed by atoms with van der Waals surface area (Å²) in [6.07, 6.45) is 0. The van der Waals surface area contributed by atoms with Crippen LogP contribution >= 0.6 is 7.95 Å². The molecule has 5 heteroatoms. The Hall–Kier alpha value is -1.24. The highest BCUT2D eigenvalue weighted by Gasteiger charge is 2.10. The molecule has 0 fully saturated rings. The normalized spacial score (nSPS) is 14.2. The van der Waals surface area contributed by atoms with Crippen LogP contribution < -0.4 is 0 Å². The van der Waals surface area contributed by atoms with Gasteiger partial charge < -0.3 is 4.57 Å². The van der Waals surface area contributed by atoms with Crippen molar-refractivity contribution in [2.75, 3.05) is 0 Å². The quantitative estimate of drug-likeness (QED) is 0.315. The van der Waals surface area contributed by atoms with Gasteiger partial charge in [-0.1, -0.05) is 37.3 Å². The summed E-state index contributed by atoms with van der Waals surface area (Å²) in [7, 11) is -2.21. The monoisotopic (exact) mass is 195 g/mol. The third-order valence-electron chi connectivity index (χ3n) is 1.81. The first kappa shape index (κ1) is 9.85. The zero-order chi connectivity index (χ0) is 9.68. The summed E-state index contributed by atoms with van der Waals surface area (Å²) < 4.78 is 11.3. The second-order valence-electron chi connectivity index (χ2n) is 2.66. The molecule has 0 aliphatic rings. The molecular weight excluding hydrogens is 185 g/mol. The van der Waals surface area contributed by atoms with Crippen molar-refractivity contribution < 1.29 is 4.57 Å². The van der Waals surface area contributed by atoms with E-state index in [0.29, 0.717) is 0 Å². The van der Waals surface area contributed by atoms with Gasteiger partial charge in [-0.3, -0.25) is 0 Å². The van der Waals surface area contributed by atoms with Crippen molar-refractivity contribution in [1.29, 1.82) is 0 Å². The summed E-state index contributed by atoms with van der Waals surface area (Å²) in [5, 5.41) is 0. The van der Waals surface area contributed by atoms with E-state index in [1.54, 1.807) is 6.92 Å². The van der Waals surface area contributed by atoms with Gasteiger partial charge in [0.15, 0.2) is 7.95 Å².